The molecule has 1 heterocycles. The number of esters is 2. The van der Waals surface area contributed by atoms with Crippen molar-refractivity contribution in [1.82, 2.24) is 20.9 Å². The number of ether oxygens (including phenoxy) is 3. The Bertz CT molecular complexity index is 1520. The number of benzene rings is 1. The number of rotatable bonds is 16. The second-order valence-electron chi connectivity index (χ2n) is 13.0. The van der Waals surface area contributed by atoms with Gasteiger partial charge in [-0.25, -0.2) is 9.59 Å². The fourth-order valence-corrected chi connectivity index (χ4v) is 4.93. The van der Waals surface area contributed by atoms with Crippen molar-refractivity contribution in [1.29, 1.82) is 0 Å². The van der Waals surface area contributed by atoms with Crippen molar-refractivity contribution in [2.24, 2.45) is 5.92 Å². The van der Waals surface area contributed by atoms with E-state index < -0.39 is 53.6 Å². The van der Waals surface area contributed by atoms with Gasteiger partial charge < -0.3 is 35.1 Å². The first-order valence-electron chi connectivity index (χ1n) is 16.4. The van der Waals surface area contributed by atoms with Gasteiger partial charge in [-0.3, -0.25) is 14.4 Å². The van der Waals surface area contributed by atoms with E-state index in [2.05, 4.69) is 33.6 Å². The molecule has 4 N–H and O–H groups in total. The van der Waals surface area contributed by atoms with Gasteiger partial charge in [0.05, 0.1) is 0 Å². The third-order valence-corrected chi connectivity index (χ3v) is 7.37. The second-order valence-corrected chi connectivity index (χ2v) is 13.0. The maximum Gasteiger partial charge on any atom is 0.408 e. The summed E-state index contributed by atoms with van der Waals surface area (Å²) >= 11 is 0. The van der Waals surface area contributed by atoms with Gasteiger partial charge >= 0.3 is 18.0 Å². The van der Waals surface area contributed by atoms with Gasteiger partial charge in [0.25, 0.3) is 0 Å². The maximum absolute atomic E-state index is 13.8. The largest absolute Gasteiger partial charge is 0.460 e. The molecule has 3 atom stereocenters. The van der Waals surface area contributed by atoms with Gasteiger partial charge in [0, 0.05) is 23.9 Å². The molecule has 0 saturated carbocycles. The minimum atomic E-state index is -1.28. The quantitative estimate of drug-likeness (QED) is 0.112. The van der Waals surface area contributed by atoms with E-state index in [1.54, 1.807) is 52.8 Å². The van der Waals surface area contributed by atoms with Crippen molar-refractivity contribution in [3.63, 3.8) is 0 Å². The van der Waals surface area contributed by atoms with E-state index in [4.69, 9.17) is 14.2 Å². The van der Waals surface area contributed by atoms with Gasteiger partial charge in [-0.15, -0.1) is 0 Å². The number of amides is 3. The molecule has 49 heavy (non-hydrogen) atoms. The Morgan fingerprint density at radius 2 is 1.73 bits per heavy atom. The number of fused-ring (bicyclic) bond motifs is 1. The predicted octanol–water partition coefficient (Wildman–Crippen LogP) is 4.76. The van der Waals surface area contributed by atoms with E-state index in [1.165, 1.54) is 12.2 Å². The van der Waals surface area contributed by atoms with Crippen LogP contribution >= 0.6 is 0 Å². The molecule has 0 saturated heterocycles. The predicted molar refractivity (Wildman–Crippen MR) is 186 cm³/mol. The lowest BCUT2D eigenvalue weighted by molar-refractivity contribution is -0.155. The van der Waals surface area contributed by atoms with Gasteiger partial charge in [-0.05, 0) is 57.1 Å². The molecule has 1 aromatic carbocycles. The first kappa shape index (κ1) is 38.3. The molecule has 1 aliphatic carbocycles. The molecular weight excluding hydrogens is 628 g/mol. The highest BCUT2D eigenvalue weighted by Gasteiger charge is 2.32. The number of aryl methyl sites for hydroxylation is 1. The van der Waals surface area contributed by atoms with Crippen LogP contribution in [0.25, 0.3) is 12.2 Å². The summed E-state index contributed by atoms with van der Waals surface area (Å²) in [5, 5.41) is 7.89. The maximum atomic E-state index is 13.8. The van der Waals surface area contributed by atoms with Crippen LogP contribution in [0.5, 0.6) is 0 Å². The summed E-state index contributed by atoms with van der Waals surface area (Å²) in [4.78, 5) is 68.9. The molecule has 2 aromatic rings. The summed E-state index contributed by atoms with van der Waals surface area (Å²) in [6.45, 7) is 12.1. The van der Waals surface area contributed by atoms with E-state index in [1.807, 2.05) is 30.5 Å². The van der Waals surface area contributed by atoms with Crippen molar-refractivity contribution in [3.8, 4) is 0 Å². The Labute approximate surface area is 287 Å². The van der Waals surface area contributed by atoms with Gasteiger partial charge in [0.15, 0.2) is 0 Å². The molecule has 0 fully saturated rings. The van der Waals surface area contributed by atoms with Crippen molar-refractivity contribution in [2.75, 3.05) is 6.61 Å². The highest BCUT2D eigenvalue weighted by atomic mass is 16.6. The van der Waals surface area contributed by atoms with Crippen molar-refractivity contribution in [2.45, 2.75) is 90.6 Å². The zero-order chi connectivity index (χ0) is 36.0. The number of hydrogen-bond donors (Lipinski definition) is 4. The molecule has 3 rings (SSSR count). The standard InChI is InChI=1S/C37H48N4O8/c1-7-21-47-35(45)32(24(2)3)41-34(44)29(19-20-31(42)49-37(4,5)6)39-33(43)30(40-36(46)48-23-25-13-9-8-10-14-25)18-17-26-22-38-28-16-12-11-15-27(26)28/h7-11,13-15,17-18,22,24,29-30,32,38H,1,12,16,19-21,23H2,2-6H3,(H,39,43)(H,40,46)(H,41,44). The van der Waals surface area contributed by atoms with Crippen molar-refractivity contribution in [3.05, 3.63) is 83.7 Å². The van der Waals surface area contributed by atoms with Crippen LogP contribution in [-0.2, 0) is 46.4 Å². The van der Waals surface area contributed by atoms with Crippen LogP contribution in [0.2, 0.25) is 0 Å². The SMILES string of the molecule is C=CCOC(=O)C(NC(=O)C(CCC(=O)OC(C)(C)C)NC(=O)C(C=Cc1c[nH]c2c1C=CCC2)NC(=O)OCc1ccccc1)C(C)C. The Morgan fingerprint density at radius 1 is 1.00 bits per heavy atom. The molecule has 12 nitrogen and oxygen atoms in total. The topological polar surface area (TPSA) is 165 Å². The minimum absolute atomic E-state index is 0.0275. The molecule has 264 valence electrons. The van der Waals surface area contributed by atoms with Crippen LogP contribution in [0.15, 0.2) is 61.3 Å². The number of aromatic amines is 1. The third-order valence-electron chi connectivity index (χ3n) is 7.37. The van der Waals surface area contributed by atoms with Crippen LogP contribution in [-0.4, -0.2) is 65.2 Å². The molecule has 0 aliphatic heterocycles. The van der Waals surface area contributed by atoms with Crippen LogP contribution in [0, 0.1) is 5.92 Å². The number of nitrogens with one attached hydrogen (secondary N) is 4. The number of hydrogen-bond acceptors (Lipinski definition) is 8. The molecule has 12 heteroatoms. The van der Waals surface area contributed by atoms with E-state index >= 15 is 0 Å². The van der Waals surface area contributed by atoms with E-state index in [-0.39, 0.29) is 32.0 Å². The molecule has 0 radical (unpaired) electrons. The average molecular weight is 677 g/mol. The Kier molecular flexibility index (Phi) is 14.4. The molecule has 1 aliphatic rings. The fourth-order valence-electron chi connectivity index (χ4n) is 4.93. The first-order chi connectivity index (χ1) is 23.3. The number of aromatic nitrogens is 1. The molecule has 3 amide bonds. The van der Waals surface area contributed by atoms with Gasteiger partial charge in [-0.2, -0.15) is 0 Å². The van der Waals surface area contributed by atoms with Crippen LogP contribution < -0.4 is 16.0 Å². The van der Waals surface area contributed by atoms with Crippen LogP contribution in [0.3, 0.4) is 0 Å². The number of allylic oxidation sites excluding steroid dienone is 1. The number of alkyl carbamates (subject to hydrolysis) is 1. The van der Waals surface area contributed by atoms with Crippen LogP contribution in [0.4, 0.5) is 4.79 Å². The first-order valence-corrected chi connectivity index (χ1v) is 16.4. The summed E-state index contributed by atoms with van der Waals surface area (Å²) in [5.74, 6) is -3.07. The average Bonchev–Trinajstić information content (AvgIpc) is 3.47. The molecule has 0 spiro atoms. The van der Waals surface area contributed by atoms with Crippen molar-refractivity contribution < 1.29 is 38.2 Å². The lowest BCUT2D eigenvalue weighted by atomic mass is 10.0. The normalized spacial score (nSPS) is 14.2. The summed E-state index contributed by atoms with van der Waals surface area (Å²) in [7, 11) is 0. The molecule has 0 bridgehead atoms. The fraction of sp³-hybridized carbons (Fsp3) is 0.432. The summed E-state index contributed by atoms with van der Waals surface area (Å²) in [5.41, 5.74) is 2.84. The summed E-state index contributed by atoms with van der Waals surface area (Å²) in [6.07, 6.45) is 11.0. The third kappa shape index (κ3) is 12.8. The molecule has 1 aromatic heterocycles. The minimum Gasteiger partial charge on any atom is -0.460 e. The zero-order valence-electron chi connectivity index (χ0n) is 28.9. The monoisotopic (exact) mass is 676 g/mol. The van der Waals surface area contributed by atoms with E-state index in [0.717, 1.165) is 35.2 Å². The highest BCUT2D eigenvalue weighted by Crippen LogP contribution is 2.23. The number of carbonyl (C=O) groups is 5. The van der Waals surface area contributed by atoms with Gasteiger partial charge in [0.2, 0.25) is 11.8 Å². The highest BCUT2D eigenvalue weighted by molar-refractivity contribution is 5.94. The molecule has 3 unspecified atom stereocenters. The van der Waals surface area contributed by atoms with Gasteiger partial charge in [-0.1, -0.05) is 81.1 Å². The molecular formula is C37H48N4O8. The van der Waals surface area contributed by atoms with E-state index in [0.29, 0.717) is 0 Å². The smallest absolute Gasteiger partial charge is 0.408 e. The van der Waals surface area contributed by atoms with E-state index in [9.17, 15) is 24.0 Å². The second kappa shape index (κ2) is 18.4. The lowest BCUT2D eigenvalue weighted by Gasteiger charge is -2.26. The zero-order valence-corrected chi connectivity index (χ0v) is 28.9. The Balaban J connectivity index is 1.85. The number of H-pyrrole nitrogens is 1. The number of carbonyl (C=O) groups excluding carboxylic acids is 5. The van der Waals surface area contributed by atoms with Crippen molar-refractivity contribution >= 4 is 42.0 Å². The summed E-state index contributed by atoms with van der Waals surface area (Å²) < 4.78 is 15.9. The summed E-state index contributed by atoms with van der Waals surface area (Å²) in [6, 6.07) is 5.46. The van der Waals surface area contributed by atoms with Crippen LogP contribution in [0.1, 0.15) is 76.3 Å². The Hall–Kier alpha value is -5.13. The lowest BCUT2D eigenvalue weighted by Crippen LogP contribution is -2.56. The Morgan fingerprint density at radius 3 is 2.41 bits per heavy atom. The van der Waals surface area contributed by atoms with Gasteiger partial charge in [0.1, 0.15) is 36.9 Å².